The van der Waals surface area contributed by atoms with Gasteiger partial charge in [0.2, 0.25) is 0 Å². The molecule has 2 aliphatic heterocycles. The first kappa shape index (κ1) is 23.8. The van der Waals surface area contributed by atoms with Crippen LogP contribution in [0.3, 0.4) is 0 Å². The summed E-state index contributed by atoms with van der Waals surface area (Å²) in [5.41, 5.74) is 2.49. The van der Waals surface area contributed by atoms with E-state index < -0.39 is 0 Å². The van der Waals surface area contributed by atoms with Crippen LogP contribution in [0.5, 0.6) is 5.75 Å². The molecule has 0 radical (unpaired) electrons. The highest BCUT2D eigenvalue weighted by molar-refractivity contribution is 14.0. The molecule has 31 heavy (non-hydrogen) atoms. The molecule has 1 N–H and O–H groups in total. The third-order valence-corrected chi connectivity index (χ3v) is 5.87. The smallest absolute Gasteiger partial charge is 0.194 e. The van der Waals surface area contributed by atoms with E-state index in [-0.39, 0.29) is 30.1 Å². The average molecular weight is 536 g/mol. The molecule has 0 bridgehead atoms. The lowest BCUT2D eigenvalue weighted by atomic mass is 10.1. The number of nitrogens with zero attached hydrogens (tertiary/aromatic N) is 3. The summed E-state index contributed by atoms with van der Waals surface area (Å²) in [6, 6.07) is 19.2. The number of nitrogens with one attached hydrogen (secondary N) is 1. The van der Waals surface area contributed by atoms with Gasteiger partial charge in [0, 0.05) is 45.3 Å². The Morgan fingerprint density at radius 2 is 1.90 bits per heavy atom. The predicted octanol–water partition coefficient (Wildman–Crippen LogP) is 3.36. The molecule has 0 aliphatic carbocycles. The van der Waals surface area contributed by atoms with Gasteiger partial charge in [-0.05, 0) is 18.6 Å². The number of hydrogen-bond donors (Lipinski definition) is 1. The lowest BCUT2D eigenvalue weighted by molar-refractivity contribution is -0.0502. The van der Waals surface area contributed by atoms with E-state index >= 15 is 0 Å². The minimum absolute atomic E-state index is 0. The summed E-state index contributed by atoms with van der Waals surface area (Å²) in [6.45, 7) is 7.86. The molecule has 2 aromatic rings. The Hall–Kier alpha value is -1.84. The minimum atomic E-state index is 0. The highest BCUT2D eigenvalue weighted by Gasteiger charge is 2.41. The van der Waals surface area contributed by atoms with Gasteiger partial charge in [-0.1, -0.05) is 48.5 Å². The summed E-state index contributed by atoms with van der Waals surface area (Å²) in [5.74, 6) is 1.84. The van der Waals surface area contributed by atoms with Gasteiger partial charge < -0.3 is 19.7 Å². The molecule has 0 saturated carbocycles. The van der Waals surface area contributed by atoms with Gasteiger partial charge in [-0.3, -0.25) is 9.89 Å². The molecule has 2 fully saturated rings. The van der Waals surface area contributed by atoms with Gasteiger partial charge in [0.15, 0.2) is 5.96 Å². The van der Waals surface area contributed by atoms with Crippen molar-refractivity contribution in [3.05, 3.63) is 65.7 Å². The molecule has 2 unspecified atom stereocenters. The topological polar surface area (TPSA) is 49.3 Å². The predicted molar refractivity (Wildman–Crippen MR) is 135 cm³/mol. The van der Waals surface area contributed by atoms with Crippen molar-refractivity contribution in [3.8, 4) is 5.75 Å². The average Bonchev–Trinajstić information content (AvgIpc) is 3.21. The Bertz CT molecular complexity index is 848. The number of hydrogen-bond acceptors (Lipinski definition) is 4. The number of ether oxygens (including phenoxy) is 2. The highest BCUT2D eigenvalue weighted by atomic mass is 127. The third-order valence-electron chi connectivity index (χ3n) is 5.87. The van der Waals surface area contributed by atoms with E-state index in [1.54, 1.807) is 0 Å². The summed E-state index contributed by atoms with van der Waals surface area (Å²) >= 11 is 0. The van der Waals surface area contributed by atoms with E-state index in [1.165, 1.54) is 5.56 Å². The lowest BCUT2D eigenvalue weighted by Gasteiger charge is -2.36. The van der Waals surface area contributed by atoms with Gasteiger partial charge >= 0.3 is 0 Å². The highest BCUT2D eigenvalue weighted by Crippen LogP contribution is 2.25. The molecule has 2 heterocycles. The van der Waals surface area contributed by atoms with E-state index in [0.29, 0.717) is 19.2 Å². The molecule has 4 rings (SSSR count). The fraction of sp³-hybridized carbons (Fsp3) is 0.458. The standard InChI is InChI=1S/C24H32N4O2.HI/c1-3-29-22-12-8-7-11-20(22)15-26-24(25-2)28-17-21-23(18-28)30-14-13-27(21)16-19-9-5-4-6-10-19;/h4-12,21,23H,3,13-18H2,1-2H3,(H,25,26);1H. The molecular formula is C24H33IN4O2. The van der Waals surface area contributed by atoms with Crippen LogP contribution in [-0.4, -0.2) is 67.8 Å². The van der Waals surface area contributed by atoms with Crippen molar-refractivity contribution in [3.63, 3.8) is 0 Å². The summed E-state index contributed by atoms with van der Waals surface area (Å²) in [7, 11) is 1.85. The number of halogens is 1. The van der Waals surface area contributed by atoms with Gasteiger partial charge in [-0.15, -0.1) is 24.0 Å². The van der Waals surface area contributed by atoms with Gasteiger partial charge in [0.25, 0.3) is 0 Å². The summed E-state index contributed by atoms with van der Waals surface area (Å²) in [4.78, 5) is 9.42. The second kappa shape index (κ2) is 11.7. The van der Waals surface area contributed by atoms with Crippen molar-refractivity contribution in [2.75, 3.05) is 39.9 Å². The number of morpholine rings is 1. The van der Waals surface area contributed by atoms with Crippen LogP contribution in [0.1, 0.15) is 18.1 Å². The fourth-order valence-electron chi connectivity index (χ4n) is 4.40. The van der Waals surface area contributed by atoms with Crippen LogP contribution in [0.25, 0.3) is 0 Å². The summed E-state index contributed by atoms with van der Waals surface area (Å²) < 4.78 is 11.9. The van der Waals surface area contributed by atoms with Gasteiger partial charge in [0.05, 0.1) is 25.4 Å². The number of aliphatic imine (C=N–C) groups is 1. The molecule has 7 heteroatoms. The minimum Gasteiger partial charge on any atom is -0.494 e. The van der Waals surface area contributed by atoms with E-state index in [9.17, 15) is 0 Å². The van der Waals surface area contributed by atoms with Crippen LogP contribution in [0.4, 0.5) is 0 Å². The fourth-order valence-corrected chi connectivity index (χ4v) is 4.40. The second-order valence-corrected chi connectivity index (χ2v) is 7.78. The van der Waals surface area contributed by atoms with Gasteiger partial charge in [0.1, 0.15) is 5.75 Å². The van der Waals surface area contributed by atoms with Crippen molar-refractivity contribution in [2.45, 2.75) is 32.2 Å². The number of guanidine groups is 1. The molecule has 168 valence electrons. The molecule has 2 aliphatic rings. The van der Waals surface area contributed by atoms with Crippen LogP contribution in [0, 0.1) is 0 Å². The Morgan fingerprint density at radius 1 is 1.13 bits per heavy atom. The van der Waals surface area contributed by atoms with E-state index in [0.717, 1.165) is 50.1 Å². The van der Waals surface area contributed by atoms with E-state index in [1.807, 2.05) is 32.2 Å². The third kappa shape index (κ3) is 5.90. The molecule has 0 aromatic heterocycles. The zero-order valence-electron chi connectivity index (χ0n) is 18.4. The van der Waals surface area contributed by atoms with Crippen LogP contribution < -0.4 is 10.1 Å². The van der Waals surface area contributed by atoms with E-state index in [4.69, 9.17) is 9.47 Å². The Morgan fingerprint density at radius 3 is 2.68 bits per heavy atom. The number of likely N-dealkylation sites (tertiary alicyclic amines) is 1. The molecular weight excluding hydrogens is 503 g/mol. The molecule has 2 aromatic carbocycles. The number of rotatable bonds is 6. The van der Waals surface area contributed by atoms with Crippen molar-refractivity contribution >= 4 is 29.9 Å². The maximum Gasteiger partial charge on any atom is 0.194 e. The maximum absolute atomic E-state index is 6.12. The lowest BCUT2D eigenvalue weighted by Crippen LogP contribution is -2.50. The number of fused-ring (bicyclic) bond motifs is 1. The number of para-hydroxylation sites is 1. The first-order chi connectivity index (χ1) is 14.8. The number of benzene rings is 2. The van der Waals surface area contributed by atoms with Crippen molar-refractivity contribution in [1.82, 2.24) is 15.1 Å². The largest absolute Gasteiger partial charge is 0.494 e. The van der Waals surface area contributed by atoms with Crippen LogP contribution in [-0.2, 0) is 17.8 Å². The quantitative estimate of drug-likeness (QED) is 0.349. The van der Waals surface area contributed by atoms with Gasteiger partial charge in [-0.25, -0.2) is 0 Å². The van der Waals surface area contributed by atoms with Crippen LogP contribution >= 0.6 is 24.0 Å². The van der Waals surface area contributed by atoms with Crippen molar-refractivity contribution < 1.29 is 9.47 Å². The monoisotopic (exact) mass is 536 g/mol. The Balaban J connectivity index is 0.00000272. The molecule has 0 spiro atoms. The second-order valence-electron chi connectivity index (χ2n) is 7.78. The van der Waals surface area contributed by atoms with Gasteiger partial charge in [-0.2, -0.15) is 0 Å². The zero-order valence-corrected chi connectivity index (χ0v) is 20.7. The molecule has 6 nitrogen and oxygen atoms in total. The first-order valence-corrected chi connectivity index (χ1v) is 10.8. The van der Waals surface area contributed by atoms with Crippen LogP contribution in [0.2, 0.25) is 0 Å². The summed E-state index contributed by atoms with van der Waals surface area (Å²) in [5, 5.41) is 3.52. The maximum atomic E-state index is 6.12. The molecule has 2 atom stereocenters. The Kier molecular flexibility index (Phi) is 8.98. The van der Waals surface area contributed by atoms with Crippen LogP contribution in [0.15, 0.2) is 59.6 Å². The SMILES string of the molecule is CCOc1ccccc1CNC(=NC)N1CC2OCCN(Cc3ccccc3)C2C1.I. The molecule has 2 saturated heterocycles. The van der Waals surface area contributed by atoms with Crippen molar-refractivity contribution in [2.24, 2.45) is 4.99 Å². The normalized spacial score (nSPS) is 21.4. The Labute approximate surface area is 202 Å². The first-order valence-electron chi connectivity index (χ1n) is 10.8. The van der Waals surface area contributed by atoms with Crippen molar-refractivity contribution in [1.29, 1.82) is 0 Å². The van der Waals surface area contributed by atoms with E-state index in [2.05, 4.69) is 56.5 Å². The zero-order chi connectivity index (χ0) is 20.8. The molecule has 0 amide bonds. The summed E-state index contributed by atoms with van der Waals surface area (Å²) in [6.07, 6.45) is 0.219.